The normalized spacial score (nSPS) is 11.0. The number of nitrogens with two attached hydrogens (primary N) is 1. The SMILES string of the molecule is COCCn1ncc2c(Nc3ncc(F)cc3C(N)=O)cc(F)cc21. The van der Waals surface area contributed by atoms with Crippen molar-refractivity contribution in [2.24, 2.45) is 5.73 Å². The summed E-state index contributed by atoms with van der Waals surface area (Å²) in [6.45, 7) is 0.867. The zero-order valence-electron chi connectivity index (χ0n) is 13.3. The van der Waals surface area contributed by atoms with Crippen LogP contribution in [0.15, 0.2) is 30.6 Å². The maximum atomic E-state index is 14.0. The van der Waals surface area contributed by atoms with E-state index in [0.717, 1.165) is 12.3 Å². The first-order valence-electron chi connectivity index (χ1n) is 7.36. The number of primary amides is 1. The Morgan fingerprint density at radius 3 is 2.80 bits per heavy atom. The highest BCUT2D eigenvalue weighted by atomic mass is 19.1. The van der Waals surface area contributed by atoms with Crippen molar-refractivity contribution in [3.63, 3.8) is 0 Å². The van der Waals surface area contributed by atoms with Crippen molar-refractivity contribution in [1.29, 1.82) is 0 Å². The van der Waals surface area contributed by atoms with Crippen molar-refractivity contribution in [1.82, 2.24) is 14.8 Å². The Kier molecular flexibility index (Phi) is 4.57. The first kappa shape index (κ1) is 16.8. The van der Waals surface area contributed by atoms with E-state index < -0.39 is 17.5 Å². The van der Waals surface area contributed by atoms with Gasteiger partial charge in [-0.2, -0.15) is 5.10 Å². The lowest BCUT2D eigenvalue weighted by Crippen LogP contribution is -2.14. The number of anilines is 2. The largest absolute Gasteiger partial charge is 0.383 e. The van der Waals surface area contributed by atoms with Crippen LogP contribution in [0, 0.1) is 11.6 Å². The molecule has 3 rings (SSSR count). The van der Waals surface area contributed by atoms with Gasteiger partial charge in [-0.3, -0.25) is 9.48 Å². The summed E-state index contributed by atoms with van der Waals surface area (Å²) in [5, 5.41) is 7.65. The standard InChI is InChI=1S/C16H15F2N5O2/c1-25-3-2-23-14-6-9(17)5-13(12(14)8-21-23)22-16-11(15(19)24)4-10(18)7-20-16/h4-8H,2-3H2,1H3,(H2,19,24)(H,20,22). The average molecular weight is 347 g/mol. The summed E-state index contributed by atoms with van der Waals surface area (Å²) >= 11 is 0. The number of aromatic nitrogens is 3. The van der Waals surface area contributed by atoms with Crippen LogP contribution in [-0.2, 0) is 11.3 Å². The van der Waals surface area contributed by atoms with Crippen molar-refractivity contribution < 1.29 is 18.3 Å². The highest BCUT2D eigenvalue weighted by Gasteiger charge is 2.15. The van der Waals surface area contributed by atoms with Gasteiger partial charge in [0.1, 0.15) is 17.5 Å². The van der Waals surface area contributed by atoms with Gasteiger partial charge in [0.25, 0.3) is 5.91 Å². The highest BCUT2D eigenvalue weighted by Crippen LogP contribution is 2.28. The zero-order chi connectivity index (χ0) is 18.0. The molecule has 0 aliphatic carbocycles. The maximum Gasteiger partial charge on any atom is 0.252 e. The Balaban J connectivity index is 2.05. The van der Waals surface area contributed by atoms with Crippen LogP contribution < -0.4 is 11.1 Å². The molecule has 0 radical (unpaired) electrons. The number of halogens is 2. The summed E-state index contributed by atoms with van der Waals surface area (Å²) in [4.78, 5) is 15.3. The number of hydrogen-bond acceptors (Lipinski definition) is 5. The summed E-state index contributed by atoms with van der Waals surface area (Å²) in [6.07, 6.45) is 2.49. The Hall–Kier alpha value is -3.07. The fraction of sp³-hybridized carbons (Fsp3) is 0.188. The lowest BCUT2D eigenvalue weighted by molar-refractivity contribution is 0.100. The first-order valence-corrected chi connectivity index (χ1v) is 7.36. The number of carbonyl (C=O) groups excluding carboxylic acids is 1. The van der Waals surface area contributed by atoms with Gasteiger partial charge in [-0.25, -0.2) is 13.8 Å². The molecule has 0 spiro atoms. The van der Waals surface area contributed by atoms with E-state index in [1.165, 1.54) is 12.1 Å². The van der Waals surface area contributed by atoms with Crippen LogP contribution in [0.1, 0.15) is 10.4 Å². The van der Waals surface area contributed by atoms with E-state index in [0.29, 0.717) is 29.7 Å². The molecule has 0 atom stereocenters. The number of nitrogens with one attached hydrogen (secondary N) is 1. The number of fused-ring (bicyclic) bond motifs is 1. The third kappa shape index (κ3) is 3.41. The minimum atomic E-state index is -0.849. The highest BCUT2D eigenvalue weighted by molar-refractivity contribution is 6.00. The number of pyridine rings is 1. The van der Waals surface area contributed by atoms with Crippen LogP contribution in [0.2, 0.25) is 0 Å². The molecule has 25 heavy (non-hydrogen) atoms. The second kappa shape index (κ2) is 6.81. The molecule has 1 aromatic carbocycles. The molecular weight excluding hydrogens is 332 g/mol. The number of amides is 1. The fourth-order valence-electron chi connectivity index (χ4n) is 2.46. The molecule has 0 saturated carbocycles. The number of hydrogen-bond donors (Lipinski definition) is 2. The molecule has 3 aromatic rings. The molecule has 7 nitrogen and oxygen atoms in total. The van der Waals surface area contributed by atoms with E-state index in [2.05, 4.69) is 15.4 Å². The number of carbonyl (C=O) groups is 1. The van der Waals surface area contributed by atoms with Crippen molar-refractivity contribution in [2.45, 2.75) is 6.54 Å². The van der Waals surface area contributed by atoms with Crippen molar-refractivity contribution in [3.8, 4) is 0 Å². The van der Waals surface area contributed by atoms with Gasteiger partial charge < -0.3 is 15.8 Å². The third-order valence-electron chi connectivity index (χ3n) is 3.61. The van der Waals surface area contributed by atoms with Crippen molar-refractivity contribution >= 4 is 28.3 Å². The lowest BCUT2D eigenvalue weighted by Gasteiger charge is -2.11. The van der Waals surface area contributed by atoms with Gasteiger partial charge in [0, 0.05) is 12.5 Å². The van der Waals surface area contributed by atoms with E-state index in [9.17, 15) is 13.6 Å². The zero-order valence-corrected chi connectivity index (χ0v) is 13.3. The molecule has 0 saturated heterocycles. The first-order chi connectivity index (χ1) is 12.0. The van der Waals surface area contributed by atoms with E-state index in [1.807, 2.05) is 0 Å². The monoisotopic (exact) mass is 347 g/mol. The predicted molar refractivity (Wildman–Crippen MR) is 87.6 cm³/mol. The Labute approximate surface area is 141 Å². The number of methoxy groups -OCH3 is 1. The van der Waals surface area contributed by atoms with Crippen molar-refractivity contribution in [2.75, 3.05) is 19.0 Å². The summed E-state index contributed by atoms with van der Waals surface area (Å²) in [7, 11) is 1.56. The van der Waals surface area contributed by atoms with Crippen LogP contribution in [-0.4, -0.2) is 34.4 Å². The van der Waals surface area contributed by atoms with Gasteiger partial charge in [0.15, 0.2) is 0 Å². The summed E-state index contributed by atoms with van der Waals surface area (Å²) in [6, 6.07) is 3.55. The molecule has 2 heterocycles. The fourth-order valence-corrected chi connectivity index (χ4v) is 2.46. The van der Waals surface area contributed by atoms with Gasteiger partial charge >= 0.3 is 0 Å². The molecule has 0 fully saturated rings. The minimum absolute atomic E-state index is 0.0328. The molecule has 1 amide bonds. The lowest BCUT2D eigenvalue weighted by atomic mass is 10.2. The number of ether oxygens (including phenoxy) is 1. The predicted octanol–water partition coefficient (Wildman–Crippen LogP) is 2.20. The maximum absolute atomic E-state index is 14.0. The van der Waals surface area contributed by atoms with E-state index >= 15 is 0 Å². The van der Waals surface area contributed by atoms with Crippen molar-refractivity contribution in [3.05, 3.63) is 47.8 Å². The molecule has 130 valence electrons. The van der Waals surface area contributed by atoms with Gasteiger partial charge in [-0.1, -0.05) is 0 Å². The van der Waals surface area contributed by atoms with Gasteiger partial charge in [-0.05, 0) is 18.2 Å². The van der Waals surface area contributed by atoms with Crippen LogP contribution in [0.25, 0.3) is 10.9 Å². The Bertz CT molecular complexity index is 942. The van der Waals surface area contributed by atoms with E-state index in [4.69, 9.17) is 10.5 Å². The topological polar surface area (TPSA) is 95.1 Å². The van der Waals surface area contributed by atoms with Gasteiger partial charge in [0.05, 0.1) is 42.3 Å². The number of rotatable bonds is 6. The van der Waals surface area contributed by atoms with Crippen LogP contribution >= 0.6 is 0 Å². The van der Waals surface area contributed by atoms with Crippen LogP contribution in [0.5, 0.6) is 0 Å². The quantitative estimate of drug-likeness (QED) is 0.713. The Morgan fingerprint density at radius 1 is 1.28 bits per heavy atom. The second-order valence-corrected chi connectivity index (χ2v) is 5.29. The van der Waals surface area contributed by atoms with Gasteiger partial charge in [-0.15, -0.1) is 0 Å². The summed E-state index contributed by atoms with van der Waals surface area (Å²) < 4.78 is 33.9. The summed E-state index contributed by atoms with van der Waals surface area (Å²) in [5.74, 6) is -2.02. The third-order valence-corrected chi connectivity index (χ3v) is 3.61. The molecule has 0 aliphatic heterocycles. The molecule has 0 bridgehead atoms. The molecule has 0 aliphatic rings. The van der Waals surface area contributed by atoms with Crippen LogP contribution in [0.4, 0.5) is 20.3 Å². The van der Waals surface area contributed by atoms with E-state index in [1.54, 1.807) is 18.0 Å². The summed E-state index contributed by atoms with van der Waals surface area (Å²) in [5.41, 5.74) is 5.99. The van der Waals surface area contributed by atoms with E-state index in [-0.39, 0.29) is 11.4 Å². The number of benzene rings is 1. The molecule has 2 aromatic heterocycles. The average Bonchev–Trinajstić information content (AvgIpc) is 2.97. The number of nitrogens with zero attached hydrogens (tertiary/aromatic N) is 3. The molecular formula is C16H15F2N5O2. The minimum Gasteiger partial charge on any atom is -0.383 e. The van der Waals surface area contributed by atoms with Crippen LogP contribution in [0.3, 0.4) is 0 Å². The van der Waals surface area contributed by atoms with Gasteiger partial charge in [0.2, 0.25) is 0 Å². The molecule has 9 heteroatoms. The second-order valence-electron chi connectivity index (χ2n) is 5.29. The Morgan fingerprint density at radius 2 is 2.08 bits per heavy atom. The molecule has 3 N–H and O–H groups in total. The smallest absolute Gasteiger partial charge is 0.252 e. The molecule has 0 unspecified atom stereocenters.